The van der Waals surface area contributed by atoms with E-state index in [1.54, 1.807) is 30.7 Å². The van der Waals surface area contributed by atoms with Gasteiger partial charge in [-0.2, -0.15) is 0 Å². The van der Waals surface area contributed by atoms with Gasteiger partial charge in [-0.05, 0) is 49.7 Å². The number of thiazole rings is 1. The topological polar surface area (TPSA) is 71.9 Å². The number of aromatic nitrogens is 1. The summed E-state index contributed by atoms with van der Waals surface area (Å²) in [6.45, 7) is 4.59. The summed E-state index contributed by atoms with van der Waals surface area (Å²) in [5.74, 6) is 1.19. The summed E-state index contributed by atoms with van der Waals surface area (Å²) < 4.78 is 11.3. The normalized spacial score (nSPS) is 11.8. The largest absolute Gasteiger partial charge is 0.497 e. The van der Waals surface area contributed by atoms with E-state index in [-0.39, 0.29) is 25.2 Å². The first kappa shape index (κ1) is 24.0. The highest BCUT2D eigenvalue weighted by Gasteiger charge is 2.23. The van der Waals surface area contributed by atoms with E-state index in [0.29, 0.717) is 34.3 Å². The predicted molar refractivity (Wildman–Crippen MR) is 126 cm³/mol. The van der Waals surface area contributed by atoms with Gasteiger partial charge in [0.2, 0.25) is 0 Å². The quantitative estimate of drug-likeness (QED) is 0.430. The first-order chi connectivity index (χ1) is 15.4. The third-order valence-corrected chi connectivity index (χ3v) is 6.28. The number of methoxy groups -OCH3 is 1. The van der Waals surface area contributed by atoms with Crippen LogP contribution in [0.1, 0.15) is 46.9 Å². The molecule has 0 saturated heterocycles. The van der Waals surface area contributed by atoms with Crippen molar-refractivity contribution in [3.05, 3.63) is 74.7 Å². The van der Waals surface area contributed by atoms with Crippen molar-refractivity contribution >= 4 is 28.8 Å². The molecule has 0 saturated carbocycles. The van der Waals surface area contributed by atoms with E-state index >= 15 is 0 Å². The minimum absolute atomic E-state index is 0.00612. The van der Waals surface area contributed by atoms with Crippen LogP contribution in [0, 0.1) is 0 Å². The Morgan fingerprint density at radius 2 is 2.09 bits per heavy atom. The molecule has 1 aromatic heterocycles. The second-order valence-corrected chi connectivity index (χ2v) is 8.73. The number of benzene rings is 2. The average Bonchev–Trinajstić information content (AvgIpc) is 3.29. The molecule has 1 atom stereocenters. The van der Waals surface area contributed by atoms with Crippen LogP contribution >= 0.6 is 22.9 Å². The van der Waals surface area contributed by atoms with E-state index in [1.807, 2.05) is 43.0 Å². The highest BCUT2D eigenvalue weighted by molar-refractivity contribution is 7.09. The summed E-state index contributed by atoms with van der Waals surface area (Å²) in [6.07, 6.45) is 0.801. The van der Waals surface area contributed by atoms with Crippen LogP contribution < -0.4 is 9.47 Å². The fraction of sp³-hybridized carbons (Fsp3) is 0.333. The molecule has 1 N–H and O–H groups in total. The fourth-order valence-electron chi connectivity index (χ4n) is 3.19. The summed E-state index contributed by atoms with van der Waals surface area (Å²) >= 11 is 7.71. The van der Waals surface area contributed by atoms with Gasteiger partial charge in [0.1, 0.15) is 23.1 Å². The van der Waals surface area contributed by atoms with Crippen molar-refractivity contribution in [1.29, 1.82) is 0 Å². The van der Waals surface area contributed by atoms with Gasteiger partial charge in [0.25, 0.3) is 5.91 Å². The number of rotatable bonds is 10. The summed E-state index contributed by atoms with van der Waals surface area (Å²) in [7, 11) is 1.58. The van der Waals surface area contributed by atoms with E-state index in [1.165, 1.54) is 11.3 Å². The van der Waals surface area contributed by atoms with E-state index in [4.69, 9.17) is 21.1 Å². The molecule has 170 valence electrons. The Morgan fingerprint density at radius 1 is 1.28 bits per heavy atom. The fourth-order valence-corrected chi connectivity index (χ4v) is 4.08. The van der Waals surface area contributed by atoms with Gasteiger partial charge in [-0.3, -0.25) is 4.79 Å². The second-order valence-electron chi connectivity index (χ2n) is 7.35. The maximum atomic E-state index is 13.4. The van der Waals surface area contributed by atoms with Crippen LogP contribution in [0.15, 0.2) is 47.8 Å². The van der Waals surface area contributed by atoms with E-state index in [0.717, 1.165) is 17.0 Å². The summed E-state index contributed by atoms with van der Waals surface area (Å²) in [6, 6.07) is 12.6. The molecular formula is C24H27ClN2O4S. The zero-order valence-electron chi connectivity index (χ0n) is 18.4. The molecule has 32 heavy (non-hydrogen) atoms. The van der Waals surface area contributed by atoms with Crippen LogP contribution in [-0.4, -0.2) is 34.0 Å². The average molecular weight is 475 g/mol. The number of halogens is 1. The lowest BCUT2D eigenvalue weighted by atomic mass is 10.1. The molecule has 0 spiro atoms. The van der Waals surface area contributed by atoms with Crippen LogP contribution in [0.2, 0.25) is 5.02 Å². The van der Waals surface area contributed by atoms with E-state index < -0.39 is 0 Å². The number of amides is 1. The van der Waals surface area contributed by atoms with Crippen molar-refractivity contribution in [2.75, 3.05) is 7.11 Å². The molecule has 1 unspecified atom stereocenters. The maximum Gasteiger partial charge on any atom is 0.254 e. The second kappa shape index (κ2) is 11.3. The molecule has 0 fully saturated rings. The standard InChI is InChI=1S/C24H27ClN2O4S/c1-4-16(2)27(24(29)17-6-5-7-21(11-17)30-3)12-18-10-19(25)8-9-22(18)31-14-23-26-20(13-28)15-32-23/h5-11,15-16,28H,4,12-14H2,1-3H3. The molecule has 0 aliphatic heterocycles. The van der Waals surface area contributed by atoms with Gasteiger partial charge < -0.3 is 19.5 Å². The summed E-state index contributed by atoms with van der Waals surface area (Å²) in [5, 5.41) is 12.3. The van der Waals surface area contributed by atoms with Gasteiger partial charge >= 0.3 is 0 Å². The van der Waals surface area contributed by atoms with Crippen molar-refractivity contribution < 1.29 is 19.4 Å². The number of ether oxygens (including phenoxy) is 2. The molecular weight excluding hydrogens is 448 g/mol. The predicted octanol–water partition coefficient (Wildman–Crippen LogP) is 5.32. The van der Waals surface area contributed by atoms with Crippen LogP contribution in [0.5, 0.6) is 11.5 Å². The lowest BCUT2D eigenvalue weighted by Crippen LogP contribution is -2.37. The Labute approximate surface area is 197 Å². The first-order valence-electron chi connectivity index (χ1n) is 10.4. The molecule has 3 aromatic rings. The zero-order valence-corrected chi connectivity index (χ0v) is 19.9. The van der Waals surface area contributed by atoms with Crippen molar-refractivity contribution in [3.63, 3.8) is 0 Å². The monoisotopic (exact) mass is 474 g/mol. The van der Waals surface area contributed by atoms with Crippen LogP contribution in [-0.2, 0) is 19.8 Å². The SMILES string of the molecule is CCC(C)N(Cc1cc(Cl)ccc1OCc1nc(CO)cs1)C(=O)c1cccc(OC)c1. The number of aliphatic hydroxyl groups is 1. The number of hydrogen-bond donors (Lipinski definition) is 1. The van der Waals surface area contributed by atoms with Gasteiger partial charge in [0.05, 0.1) is 19.4 Å². The lowest BCUT2D eigenvalue weighted by molar-refractivity contribution is 0.0669. The number of carbonyl (C=O) groups is 1. The maximum absolute atomic E-state index is 13.4. The molecule has 0 aliphatic rings. The van der Waals surface area contributed by atoms with Crippen molar-refractivity contribution in [2.24, 2.45) is 0 Å². The lowest BCUT2D eigenvalue weighted by Gasteiger charge is -2.29. The van der Waals surface area contributed by atoms with Gasteiger partial charge in [0.15, 0.2) is 0 Å². The molecule has 1 amide bonds. The van der Waals surface area contributed by atoms with Gasteiger partial charge in [0, 0.05) is 34.1 Å². The number of nitrogens with zero attached hydrogens (tertiary/aromatic N) is 2. The third-order valence-electron chi connectivity index (χ3n) is 5.18. The number of carbonyl (C=O) groups excluding carboxylic acids is 1. The zero-order chi connectivity index (χ0) is 23.1. The van der Waals surface area contributed by atoms with Crippen LogP contribution in [0.4, 0.5) is 0 Å². The van der Waals surface area contributed by atoms with Crippen molar-refractivity contribution in [3.8, 4) is 11.5 Å². The Balaban J connectivity index is 1.85. The molecule has 0 radical (unpaired) electrons. The van der Waals surface area contributed by atoms with E-state index in [2.05, 4.69) is 4.98 Å². The summed E-state index contributed by atoms with van der Waals surface area (Å²) in [5.41, 5.74) is 2.00. The summed E-state index contributed by atoms with van der Waals surface area (Å²) in [4.78, 5) is 19.5. The van der Waals surface area contributed by atoms with Crippen LogP contribution in [0.3, 0.4) is 0 Å². The Bertz CT molecular complexity index is 1060. The number of hydrogen-bond acceptors (Lipinski definition) is 6. The molecule has 3 rings (SSSR count). The minimum atomic E-state index is -0.0983. The first-order valence-corrected chi connectivity index (χ1v) is 11.6. The van der Waals surface area contributed by atoms with Gasteiger partial charge in [-0.25, -0.2) is 4.98 Å². The Morgan fingerprint density at radius 3 is 2.78 bits per heavy atom. The molecule has 0 aliphatic carbocycles. The minimum Gasteiger partial charge on any atom is -0.497 e. The van der Waals surface area contributed by atoms with Crippen molar-refractivity contribution in [1.82, 2.24) is 9.88 Å². The Hall–Kier alpha value is -2.61. The van der Waals surface area contributed by atoms with Crippen LogP contribution in [0.25, 0.3) is 0 Å². The molecule has 8 heteroatoms. The van der Waals surface area contributed by atoms with Gasteiger partial charge in [-0.15, -0.1) is 11.3 Å². The number of aliphatic hydroxyl groups excluding tert-OH is 1. The Kier molecular flexibility index (Phi) is 8.50. The van der Waals surface area contributed by atoms with E-state index in [9.17, 15) is 9.90 Å². The molecule has 6 nitrogen and oxygen atoms in total. The van der Waals surface area contributed by atoms with Gasteiger partial charge in [-0.1, -0.05) is 24.6 Å². The highest BCUT2D eigenvalue weighted by atomic mass is 35.5. The molecule has 2 aromatic carbocycles. The highest BCUT2D eigenvalue weighted by Crippen LogP contribution is 2.28. The molecule has 1 heterocycles. The molecule has 0 bridgehead atoms. The van der Waals surface area contributed by atoms with Crippen molar-refractivity contribution in [2.45, 2.75) is 46.1 Å². The smallest absolute Gasteiger partial charge is 0.254 e. The third kappa shape index (κ3) is 6.00.